The zero-order valence-electron chi connectivity index (χ0n) is 18.4. The van der Waals surface area contributed by atoms with Crippen molar-refractivity contribution in [3.63, 3.8) is 0 Å². The maximum atomic E-state index is 13.5. The van der Waals surface area contributed by atoms with Gasteiger partial charge in [0.25, 0.3) is 5.91 Å². The number of rotatable bonds is 3. The van der Waals surface area contributed by atoms with Gasteiger partial charge in [-0.1, -0.05) is 6.42 Å². The highest BCUT2D eigenvalue weighted by molar-refractivity contribution is 6.04. The Labute approximate surface area is 177 Å². The number of hydrogen-bond acceptors (Lipinski definition) is 5. The van der Waals surface area contributed by atoms with E-state index in [0.717, 1.165) is 61.5 Å². The summed E-state index contributed by atoms with van der Waals surface area (Å²) < 4.78 is 2.21. The molecular formula is C22H32N6O2. The summed E-state index contributed by atoms with van der Waals surface area (Å²) in [6.45, 7) is 6.13. The van der Waals surface area contributed by atoms with Crippen molar-refractivity contribution in [2.45, 2.75) is 45.6 Å². The number of aryl methyl sites for hydroxylation is 3. The molecule has 30 heavy (non-hydrogen) atoms. The van der Waals surface area contributed by atoms with Crippen LogP contribution in [-0.4, -0.2) is 87.9 Å². The molecule has 162 valence electrons. The van der Waals surface area contributed by atoms with Gasteiger partial charge in [0.15, 0.2) is 5.65 Å². The molecule has 8 heteroatoms. The summed E-state index contributed by atoms with van der Waals surface area (Å²) in [7, 11) is 3.55. The SMILES string of the molecule is Cc1cc(C(=O)N2CCCN(CC(=O)N(C)C)CC2)c2nc3n(c2n1)CCCCC3. The molecule has 1 fully saturated rings. The van der Waals surface area contributed by atoms with E-state index in [4.69, 9.17) is 9.97 Å². The summed E-state index contributed by atoms with van der Waals surface area (Å²) in [6.07, 6.45) is 5.29. The molecule has 8 nitrogen and oxygen atoms in total. The molecule has 0 unspecified atom stereocenters. The highest BCUT2D eigenvalue weighted by Gasteiger charge is 2.26. The van der Waals surface area contributed by atoms with Crippen LogP contribution in [0.4, 0.5) is 0 Å². The predicted octanol–water partition coefficient (Wildman–Crippen LogP) is 1.70. The van der Waals surface area contributed by atoms with Gasteiger partial charge in [-0.3, -0.25) is 14.5 Å². The Balaban J connectivity index is 1.57. The molecule has 0 aromatic carbocycles. The normalized spacial score (nSPS) is 18.0. The quantitative estimate of drug-likeness (QED) is 0.767. The highest BCUT2D eigenvalue weighted by Crippen LogP contribution is 2.25. The van der Waals surface area contributed by atoms with Gasteiger partial charge in [-0.25, -0.2) is 9.97 Å². The molecule has 2 aliphatic heterocycles. The summed E-state index contributed by atoms with van der Waals surface area (Å²) in [4.78, 5) is 40.8. The van der Waals surface area contributed by atoms with Crippen LogP contribution >= 0.6 is 0 Å². The molecule has 0 atom stereocenters. The second-order valence-electron chi connectivity index (χ2n) is 8.68. The van der Waals surface area contributed by atoms with Crippen molar-refractivity contribution in [1.29, 1.82) is 0 Å². The van der Waals surface area contributed by atoms with Crippen LogP contribution in [0.15, 0.2) is 6.07 Å². The second-order valence-corrected chi connectivity index (χ2v) is 8.68. The van der Waals surface area contributed by atoms with Gasteiger partial charge in [0.2, 0.25) is 5.91 Å². The Morgan fingerprint density at radius 3 is 2.63 bits per heavy atom. The zero-order chi connectivity index (χ0) is 21.3. The minimum atomic E-state index is 0.0274. The van der Waals surface area contributed by atoms with Crippen LogP contribution in [0.3, 0.4) is 0 Å². The Bertz CT molecular complexity index is 951. The third kappa shape index (κ3) is 4.19. The first-order valence-electron chi connectivity index (χ1n) is 11.0. The van der Waals surface area contributed by atoms with Crippen LogP contribution in [0, 0.1) is 6.92 Å². The first kappa shape index (κ1) is 20.8. The molecule has 1 saturated heterocycles. The number of imidazole rings is 1. The van der Waals surface area contributed by atoms with E-state index in [1.54, 1.807) is 19.0 Å². The maximum Gasteiger partial charge on any atom is 0.256 e. The Morgan fingerprint density at radius 1 is 1.00 bits per heavy atom. The van der Waals surface area contributed by atoms with Crippen LogP contribution in [0.25, 0.3) is 11.2 Å². The summed E-state index contributed by atoms with van der Waals surface area (Å²) in [6, 6.07) is 1.88. The van der Waals surface area contributed by atoms with Crippen LogP contribution < -0.4 is 0 Å². The fourth-order valence-corrected chi connectivity index (χ4v) is 4.41. The van der Waals surface area contributed by atoms with E-state index in [9.17, 15) is 9.59 Å². The zero-order valence-corrected chi connectivity index (χ0v) is 18.4. The average Bonchev–Trinajstić information content (AvgIpc) is 2.90. The van der Waals surface area contributed by atoms with Crippen molar-refractivity contribution < 1.29 is 9.59 Å². The van der Waals surface area contributed by atoms with E-state index in [1.165, 1.54) is 6.42 Å². The smallest absolute Gasteiger partial charge is 0.256 e. The van der Waals surface area contributed by atoms with Gasteiger partial charge in [-0.05, 0) is 32.3 Å². The summed E-state index contributed by atoms with van der Waals surface area (Å²) in [5.74, 6) is 1.18. The molecule has 2 aromatic heterocycles. The largest absolute Gasteiger partial charge is 0.348 e. The Morgan fingerprint density at radius 2 is 1.83 bits per heavy atom. The van der Waals surface area contributed by atoms with Gasteiger partial charge < -0.3 is 14.4 Å². The molecule has 0 bridgehead atoms. The molecule has 2 aromatic rings. The van der Waals surface area contributed by atoms with E-state index in [0.29, 0.717) is 31.7 Å². The third-order valence-electron chi connectivity index (χ3n) is 6.16. The molecule has 4 rings (SSSR count). The number of carbonyl (C=O) groups excluding carboxylic acids is 2. The van der Waals surface area contributed by atoms with E-state index in [-0.39, 0.29) is 11.8 Å². The number of hydrogen-bond donors (Lipinski definition) is 0. The van der Waals surface area contributed by atoms with Crippen molar-refractivity contribution in [1.82, 2.24) is 29.2 Å². The van der Waals surface area contributed by atoms with Crippen LogP contribution in [0.1, 0.15) is 47.6 Å². The molecule has 0 spiro atoms. The standard InChI is InChI=1S/C22H32N6O2/c1-16-14-17(20-21(23-16)28-11-6-4-5-8-18(28)24-20)22(30)27-10-7-9-26(12-13-27)15-19(29)25(2)3/h14H,4-13,15H2,1-3H3. The number of aromatic nitrogens is 3. The Hall–Kier alpha value is -2.48. The van der Waals surface area contributed by atoms with Crippen molar-refractivity contribution in [3.8, 4) is 0 Å². The van der Waals surface area contributed by atoms with Crippen molar-refractivity contribution in [2.24, 2.45) is 0 Å². The first-order valence-corrected chi connectivity index (χ1v) is 11.0. The lowest BCUT2D eigenvalue weighted by Gasteiger charge is -2.23. The predicted molar refractivity (Wildman–Crippen MR) is 115 cm³/mol. The molecule has 4 heterocycles. The van der Waals surface area contributed by atoms with Gasteiger partial charge in [0.05, 0.1) is 12.1 Å². The molecule has 0 aliphatic carbocycles. The van der Waals surface area contributed by atoms with E-state index in [2.05, 4.69) is 9.47 Å². The fourth-order valence-electron chi connectivity index (χ4n) is 4.41. The van der Waals surface area contributed by atoms with Gasteiger partial charge in [-0.2, -0.15) is 0 Å². The summed E-state index contributed by atoms with van der Waals surface area (Å²) >= 11 is 0. The monoisotopic (exact) mass is 412 g/mol. The summed E-state index contributed by atoms with van der Waals surface area (Å²) in [5, 5.41) is 0. The van der Waals surface area contributed by atoms with Gasteiger partial charge in [0, 0.05) is 58.9 Å². The minimum absolute atomic E-state index is 0.0274. The van der Waals surface area contributed by atoms with Crippen LogP contribution in [0.5, 0.6) is 0 Å². The van der Waals surface area contributed by atoms with Crippen molar-refractivity contribution >= 4 is 23.0 Å². The number of amides is 2. The Kier molecular flexibility index (Phi) is 6.04. The lowest BCUT2D eigenvalue weighted by molar-refractivity contribution is -0.129. The molecule has 0 N–H and O–H groups in total. The molecule has 2 amide bonds. The maximum absolute atomic E-state index is 13.5. The lowest BCUT2D eigenvalue weighted by Crippen LogP contribution is -2.39. The second kappa shape index (κ2) is 8.71. The van der Waals surface area contributed by atoms with Crippen molar-refractivity contribution in [2.75, 3.05) is 46.8 Å². The van der Waals surface area contributed by atoms with E-state index in [1.807, 2.05) is 17.9 Å². The van der Waals surface area contributed by atoms with Gasteiger partial charge in [0.1, 0.15) is 11.3 Å². The number of carbonyl (C=O) groups is 2. The lowest BCUT2D eigenvalue weighted by atomic mass is 10.1. The number of nitrogens with zero attached hydrogens (tertiary/aromatic N) is 6. The van der Waals surface area contributed by atoms with Crippen molar-refractivity contribution in [3.05, 3.63) is 23.1 Å². The van der Waals surface area contributed by atoms with E-state index < -0.39 is 0 Å². The van der Waals surface area contributed by atoms with Gasteiger partial charge >= 0.3 is 0 Å². The molecule has 2 aliphatic rings. The highest BCUT2D eigenvalue weighted by atomic mass is 16.2. The van der Waals surface area contributed by atoms with Crippen LogP contribution in [-0.2, 0) is 17.8 Å². The molecule has 0 radical (unpaired) electrons. The minimum Gasteiger partial charge on any atom is -0.348 e. The number of pyridine rings is 1. The molecule has 0 saturated carbocycles. The first-order chi connectivity index (χ1) is 14.4. The topological polar surface area (TPSA) is 74.6 Å². The number of fused-ring (bicyclic) bond motifs is 3. The average molecular weight is 413 g/mol. The number of likely N-dealkylation sites (N-methyl/N-ethyl adjacent to an activating group) is 1. The fraction of sp³-hybridized carbons (Fsp3) is 0.636. The summed E-state index contributed by atoms with van der Waals surface area (Å²) in [5.41, 5.74) is 3.11. The third-order valence-corrected chi connectivity index (χ3v) is 6.16. The van der Waals surface area contributed by atoms with Gasteiger partial charge in [-0.15, -0.1) is 0 Å². The molecular weight excluding hydrogens is 380 g/mol. The van der Waals surface area contributed by atoms with E-state index >= 15 is 0 Å². The van der Waals surface area contributed by atoms with Crippen LogP contribution in [0.2, 0.25) is 0 Å².